The number of benzene rings is 2. The zero-order valence-corrected chi connectivity index (χ0v) is 10.3. The molecule has 0 nitrogen and oxygen atoms in total. The van der Waals surface area contributed by atoms with Crippen LogP contribution in [0.1, 0.15) is 16.7 Å². The monoisotopic (exact) mass is 236 g/mol. The Morgan fingerprint density at radius 1 is 1.00 bits per heavy atom. The third-order valence-electron chi connectivity index (χ3n) is 3.11. The van der Waals surface area contributed by atoms with Crippen LogP contribution in [0.3, 0.4) is 0 Å². The van der Waals surface area contributed by atoms with Crippen LogP contribution in [0.2, 0.25) is 0 Å². The third-order valence-corrected chi connectivity index (χ3v) is 3.26. The summed E-state index contributed by atoms with van der Waals surface area (Å²) in [5.74, 6) is 6.72. The molecule has 0 aliphatic heterocycles. The molecule has 0 amide bonds. The van der Waals surface area contributed by atoms with Gasteiger partial charge in [-0.25, -0.2) is 0 Å². The van der Waals surface area contributed by atoms with Crippen LogP contribution >= 0.6 is 12.6 Å². The summed E-state index contributed by atoms with van der Waals surface area (Å²) < 4.78 is 0. The topological polar surface area (TPSA) is 0 Å². The lowest BCUT2D eigenvalue weighted by Crippen LogP contribution is -1.82. The van der Waals surface area contributed by atoms with E-state index in [9.17, 15) is 0 Å². The predicted molar refractivity (Wildman–Crippen MR) is 75.4 cm³/mol. The molecule has 2 aromatic carbocycles. The standard InChI is InChI=1S/C16H12S/c17-9-3-4-12-7-8-16-14(10-12)11-13-5-1-2-6-15(13)16/h1-2,5-8,10,17H,9,11H2. The average Bonchev–Trinajstić information content (AvgIpc) is 2.74. The minimum Gasteiger partial charge on any atom is -0.166 e. The Bertz CT molecular complexity index is 629. The van der Waals surface area contributed by atoms with Crippen molar-refractivity contribution in [1.82, 2.24) is 0 Å². The first-order chi connectivity index (χ1) is 8.38. The number of thiol groups is 1. The first-order valence-corrected chi connectivity index (χ1v) is 6.32. The fourth-order valence-corrected chi connectivity index (χ4v) is 2.44. The highest BCUT2D eigenvalue weighted by Gasteiger charge is 2.17. The first kappa shape index (κ1) is 10.5. The van der Waals surface area contributed by atoms with Crippen LogP contribution < -0.4 is 0 Å². The molecule has 0 saturated heterocycles. The minimum absolute atomic E-state index is 0.608. The summed E-state index contributed by atoms with van der Waals surface area (Å²) in [5, 5.41) is 0. The van der Waals surface area contributed by atoms with E-state index in [-0.39, 0.29) is 0 Å². The van der Waals surface area contributed by atoms with Crippen molar-refractivity contribution < 1.29 is 0 Å². The molecule has 0 bridgehead atoms. The van der Waals surface area contributed by atoms with Crippen molar-refractivity contribution in [3.8, 4) is 23.0 Å². The average molecular weight is 236 g/mol. The van der Waals surface area contributed by atoms with Crippen molar-refractivity contribution in [3.05, 3.63) is 59.2 Å². The van der Waals surface area contributed by atoms with Crippen molar-refractivity contribution >= 4 is 12.6 Å². The highest BCUT2D eigenvalue weighted by molar-refractivity contribution is 7.80. The Morgan fingerprint density at radius 2 is 1.82 bits per heavy atom. The molecule has 3 rings (SSSR count). The van der Waals surface area contributed by atoms with Gasteiger partial charge >= 0.3 is 0 Å². The second kappa shape index (κ2) is 4.31. The number of hydrogen-bond donors (Lipinski definition) is 1. The van der Waals surface area contributed by atoms with Gasteiger partial charge in [-0.05, 0) is 40.8 Å². The zero-order valence-electron chi connectivity index (χ0n) is 9.40. The summed E-state index contributed by atoms with van der Waals surface area (Å²) in [6.45, 7) is 0. The Hall–Kier alpha value is -1.65. The molecule has 0 aromatic heterocycles. The van der Waals surface area contributed by atoms with Gasteiger partial charge in [0, 0.05) is 5.56 Å². The quantitative estimate of drug-likeness (QED) is 0.448. The van der Waals surface area contributed by atoms with Crippen LogP contribution in [-0.4, -0.2) is 5.75 Å². The number of fused-ring (bicyclic) bond motifs is 3. The van der Waals surface area contributed by atoms with E-state index in [1.807, 2.05) is 0 Å². The molecule has 0 unspecified atom stereocenters. The van der Waals surface area contributed by atoms with E-state index in [1.54, 1.807) is 0 Å². The van der Waals surface area contributed by atoms with E-state index in [0.717, 1.165) is 12.0 Å². The molecule has 0 heterocycles. The van der Waals surface area contributed by atoms with E-state index < -0.39 is 0 Å². The summed E-state index contributed by atoms with van der Waals surface area (Å²) in [6.07, 6.45) is 1.03. The molecule has 0 spiro atoms. The Labute approximate surface area is 107 Å². The Balaban J connectivity index is 2.07. The summed E-state index contributed by atoms with van der Waals surface area (Å²) in [7, 11) is 0. The minimum atomic E-state index is 0.608. The maximum Gasteiger partial charge on any atom is 0.0521 e. The van der Waals surface area contributed by atoms with Crippen LogP contribution in [0, 0.1) is 11.8 Å². The van der Waals surface area contributed by atoms with Gasteiger partial charge in [0.15, 0.2) is 0 Å². The lowest BCUT2D eigenvalue weighted by atomic mass is 10.0. The summed E-state index contributed by atoms with van der Waals surface area (Å²) in [5.41, 5.74) is 6.62. The van der Waals surface area contributed by atoms with Crippen molar-refractivity contribution in [3.63, 3.8) is 0 Å². The highest BCUT2D eigenvalue weighted by Crippen LogP contribution is 2.36. The maximum absolute atomic E-state index is 4.10. The van der Waals surface area contributed by atoms with Crippen molar-refractivity contribution in [2.24, 2.45) is 0 Å². The van der Waals surface area contributed by atoms with E-state index in [1.165, 1.54) is 22.3 Å². The molecule has 17 heavy (non-hydrogen) atoms. The largest absolute Gasteiger partial charge is 0.166 e. The molecule has 1 aliphatic carbocycles. The molecule has 0 fully saturated rings. The fourth-order valence-electron chi connectivity index (χ4n) is 2.36. The molecule has 0 N–H and O–H groups in total. The number of rotatable bonds is 0. The van der Waals surface area contributed by atoms with Crippen LogP contribution in [0.4, 0.5) is 0 Å². The summed E-state index contributed by atoms with van der Waals surface area (Å²) in [6, 6.07) is 15.1. The van der Waals surface area contributed by atoms with Gasteiger partial charge in [0.2, 0.25) is 0 Å². The van der Waals surface area contributed by atoms with E-state index in [0.29, 0.717) is 5.75 Å². The van der Waals surface area contributed by atoms with Gasteiger partial charge in [-0.2, -0.15) is 12.6 Å². The molecule has 2 aromatic rings. The molecule has 0 atom stereocenters. The predicted octanol–water partition coefficient (Wildman–Crippen LogP) is 3.54. The van der Waals surface area contributed by atoms with Gasteiger partial charge in [-0.15, -0.1) is 0 Å². The summed E-state index contributed by atoms with van der Waals surface area (Å²) in [4.78, 5) is 0. The Morgan fingerprint density at radius 3 is 2.71 bits per heavy atom. The normalized spacial score (nSPS) is 11.4. The zero-order chi connectivity index (χ0) is 11.7. The van der Waals surface area contributed by atoms with Crippen LogP contribution in [0.5, 0.6) is 0 Å². The molecular formula is C16H12S. The summed E-state index contributed by atoms with van der Waals surface area (Å²) >= 11 is 4.10. The van der Waals surface area contributed by atoms with Crippen LogP contribution in [-0.2, 0) is 6.42 Å². The van der Waals surface area contributed by atoms with Crippen LogP contribution in [0.25, 0.3) is 11.1 Å². The molecule has 1 heteroatoms. The van der Waals surface area contributed by atoms with Gasteiger partial charge in [0.1, 0.15) is 0 Å². The fraction of sp³-hybridized carbons (Fsp3) is 0.125. The molecule has 0 radical (unpaired) electrons. The lowest BCUT2D eigenvalue weighted by Gasteiger charge is -2.00. The van der Waals surface area contributed by atoms with Gasteiger partial charge in [-0.3, -0.25) is 0 Å². The van der Waals surface area contributed by atoms with E-state index in [2.05, 4.69) is 66.9 Å². The molecule has 82 valence electrons. The molecule has 1 aliphatic rings. The second-order valence-electron chi connectivity index (χ2n) is 4.17. The lowest BCUT2D eigenvalue weighted by molar-refractivity contribution is 1.26. The van der Waals surface area contributed by atoms with Gasteiger partial charge in [-0.1, -0.05) is 42.2 Å². The Kier molecular flexibility index (Phi) is 2.66. The second-order valence-corrected chi connectivity index (χ2v) is 4.48. The SMILES string of the molecule is SCC#Cc1ccc2c(c1)Cc1ccccc1-2. The van der Waals surface area contributed by atoms with E-state index in [4.69, 9.17) is 0 Å². The van der Waals surface area contributed by atoms with Crippen molar-refractivity contribution in [2.75, 3.05) is 5.75 Å². The first-order valence-electron chi connectivity index (χ1n) is 5.69. The maximum atomic E-state index is 4.10. The molecule has 0 saturated carbocycles. The van der Waals surface area contributed by atoms with Crippen molar-refractivity contribution in [1.29, 1.82) is 0 Å². The van der Waals surface area contributed by atoms with Gasteiger partial charge < -0.3 is 0 Å². The van der Waals surface area contributed by atoms with Crippen molar-refractivity contribution in [2.45, 2.75) is 6.42 Å². The third kappa shape index (κ3) is 1.85. The number of hydrogen-bond acceptors (Lipinski definition) is 1. The highest BCUT2D eigenvalue weighted by atomic mass is 32.1. The van der Waals surface area contributed by atoms with Crippen LogP contribution in [0.15, 0.2) is 42.5 Å². The van der Waals surface area contributed by atoms with E-state index >= 15 is 0 Å². The van der Waals surface area contributed by atoms with Gasteiger partial charge in [0.25, 0.3) is 0 Å². The smallest absolute Gasteiger partial charge is 0.0521 e. The van der Waals surface area contributed by atoms with Gasteiger partial charge in [0.05, 0.1) is 5.75 Å². The molecular weight excluding hydrogens is 224 g/mol.